The molecule has 0 fully saturated rings. The molecule has 0 atom stereocenters. The van der Waals surface area contributed by atoms with Crippen LogP contribution in [0.2, 0.25) is 0 Å². The van der Waals surface area contributed by atoms with Crippen molar-refractivity contribution in [1.82, 2.24) is 4.98 Å². The molecule has 3 rings (SSSR count). The molecule has 14 heavy (non-hydrogen) atoms. The van der Waals surface area contributed by atoms with Gasteiger partial charge in [0.2, 0.25) is 0 Å². The Bertz CT molecular complexity index is 478. The average molecular weight is 181 g/mol. The fourth-order valence-corrected chi connectivity index (χ4v) is 1.98. The molecule has 0 unspecified atom stereocenters. The number of hydrogen-bond acceptors (Lipinski definition) is 0. The van der Waals surface area contributed by atoms with E-state index in [-0.39, 0.29) is 0 Å². The Morgan fingerprint density at radius 2 is 1.93 bits per heavy atom. The highest BCUT2D eigenvalue weighted by atomic mass is 14.7. The van der Waals surface area contributed by atoms with Gasteiger partial charge in [-0.15, -0.1) is 0 Å². The van der Waals surface area contributed by atoms with Gasteiger partial charge in [-0.1, -0.05) is 24.3 Å². The van der Waals surface area contributed by atoms with E-state index < -0.39 is 0 Å². The molecule has 1 aliphatic rings. The molecule has 1 nitrogen and oxygen atoms in total. The van der Waals surface area contributed by atoms with E-state index in [2.05, 4.69) is 41.4 Å². The van der Waals surface area contributed by atoms with Crippen molar-refractivity contribution in [2.75, 3.05) is 0 Å². The van der Waals surface area contributed by atoms with Gasteiger partial charge in [-0.05, 0) is 34.9 Å². The summed E-state index contributed by atoms with van der Waals surface area (Å²) in [6, 6.07) is 12.7. The normalized spacial score (nSPS) is 13.9. The van der Waals surface area contributed by atoms with Crippen LogP contribution in [0, 0.1) is 0 Å². The summed E-state index contributed by atoms with van der Waals surface area (Å²) in [4.78, 5) is 3.25. The first-order chi connectivity index (χ1) is 6.93. The molecule has 0 amide bonds. The number of aromatic nitrogens is 1. The molecule has 0 aliphatic heterocycles. The molecule has 68 valence electrons. The fraction of sp³-hybridized carbons (Fsp3) is 0.0769. The van der Waals surface area contributed by atoms with Gasteiger partial charge in [-0.25, -0.2) is 0 Å². The van der Waals surface area contributed by atoms with E-state index in [9.17, 15) is 0 Å². The second-order valence-electron chi connectivity index (χ2n) is 3.63. The topological polar surface area (TPSA) is 15.8 Å². The van der Waals surface area contributed by atoms with Crippen LogP contribution >= 0.6 is 0 Å². The minimum absolute atomic E-state index is 1.05. The summed E-state index contributed by atoms with van der Waals surface area (Å²) in [5.41, 5.74) is 5.41. The van der Waals surface area contributed by atoms with Crippen molar-refractivity contribution in [3.63, 3.8) is 0 Å². The zero-order valence-electron chi connectivity index (χ0n) is 7.83. The van der Waals surface area contributed by atoms with E-state index in [0.717, 1.165) is 6.42 Å². The smallest absolute Gasteiger partial charge is 0.0416 e. The molecular weight excluding hydrogens is 170 g/mol. The van der Waals surface area contributed by atoms with Crippen LogP contribution in [-0.2, 0) is 6.42 Å². The lowest BCUT2D eigenvalue weighted by molar-refractivity contribution is 1.26. The predicted molar refractivity (Wildman–Crippen MR) is 58.8 cm³/mol. The van der Waals surface area contributed by atoms with Gasteiger partial charge in [-0.3, -0.25) is 0 Å². The highest BCUT2D eigenvalue weighted by molar-refractivity contribution is 5.87. The van der Waals surface area contributed by atoms with E-state index in [4.69, 9.17) is 0 Å². The van der Waals surface area contributed by atoms with Crippen LogP contribution < -0.4 is 0 Å². The van der Waals surface area contributed by atoms with Gasteiger partial charge in [0.05, 0.1) is 0 Å². The van der Waals surface area contributed by atoms with Crippen LogP contribution in [0.1, 0.15) is 16.8 Å². The first kappa shape index (κ1) is 7.63. The number of nitrogens with one attached hydrogen (secondary N) is 1. The minimum Gasteiger partial charge on any atom is -0.361 e. The van der Waals surface area contributed by atoms with Gasteiger partial charge in [0.1, 0.15) is 0 Å². The van der Waals surface area contributed by atoms with Crippen molar-refractivity contribution in [2.45, 2.75) is 6.42 Å². The van der Waals surface area contributed by atoms with Crippen molar-refractivity contribution in [2.24, 2.45) is 0 Å². The summed E-state index contributed by atoms with van der Waals surface area (Å²) < 4.78 is 0. The highest BCUT2D eigenvalue weighted by Gasteiger charge is 2.13. The summed E-state index contributed by atoms with van der Waals surface area (Å²) in [7, 11) is 0. The first-order valence-electron chi connectivity index (χ1n) is 4.86. The predicted octanol–water partition coefficient (Wildman–Crippen LogP) is 3.11. The molecular formula is C13H11N. The van der Waals surface area contributed by atoms with E-state index in [0.29, 0.717) is 0 Å². The Labute approximate surface area is 83.1 Å². The van der Waals surface area contributed by atoms with E-state index in [1.165, 1.54) is 22.4 Å². The Kier molecular flexibility index (Phi) is 1.57. The number of allylic oxidation sites excluding steroid dienone is 1. The molecule has 0 saturated carbocycles. The van der Waals surface area contributed by atoms with E-state index in [1.54, 1.807) is 0 Å². The molecule has 1 N–H and O–H groups in total. The van der Waals surface area contributed by atoms with Gasteiger partial charge in [-0.2, -0.15) is 0 Å². The van der Waals surface area contributed by atoms with Crippen LogP contribution in [0.5, 0.6) is 0 Å². The van der Waals surface area contributed by atoms with Gasteiger partial charge < -0.3 is 4.98 Å². The Morgan fingerprint density at radius 3 is 2.71 bits per heavy atom. The SMILES string of the molecule is C1=C(c2ccc[nH]2)Cc2ccccc21. The molecule has 0 bridgehead atoms. The van der Waals surface area contributed by atoms with Crippen molar-refractivity contribution in [1.29, 1.82) is 0 Å². The van der Waals surface area contributed by atoms with Crippen molar-refractivity contribution < 1.29 is 0 Å². The maximum absolute atomic E-state index is 3.25. The lowest BCUT2D eigenvalue weighted by Crippen LogP contribution is -1.84. The Balaban J connectivity index is 2.04. The van der Waals surface area contributed by atoms with E-state index in [1.807, 2.05) is 12.3 Å². The zero-order valence-corrected chi connectivity index (χ0v) is 7.83. The summed E-state index contributed by atoms with van der Waals surface area (Å²) in [6.07, 6.45) is 5.29. The number of aromatic amines is 1. The quantitative estimate of drug-likeness (QED) is 0.695. The lowest BCUT2D eigenvalue weighted by Gasteiger charge is -1.97. The number of H-pyrrole nitrogens is 1. The zero-order chi connectivity index (χ0) is 9.38. The van der Waals surface area contributed by atoms with Gasteiger partial charge in [0.25, 0.3) is 0 Å². The van der Waals surface area contributed by atoms with Gasteiger partial charge in [0, 0.05) is 18.3 Å². The number of benzene rings is 1. The number of fused-ring (bicyclic) bond motifs is 1. The summed E-state index contributed by atoms with van der Waals surface area (Å²) in [5, 5.41) is 0. The minimum atomic E-state index is 1.05. The fourth-order valence-electron chi connectivity index (χ4n) is 1.98. The summed E-state index contributed by atoms with van der Waals surface area (Å²) in [6.45, 7) is 0. The lowest BCUT2D eigenvalue weighted by atomic mass is 10.1. The van der Waals surface area contributed by atoms with Crippen molar-refractivity contribution >= 4 is 11.6 Å². The molecule has 1 heteroatoms. The van der Waals surface area contributed by atoms with Crippen LogP contribution in [0.25, 0.3) is 11.6 Å². The second kappa shape index (κ2) is 2.88. The Hall–Kier alpha value is -1.76. The first-order valence-corrected chi connectivity index (χ1v) is 4.86. The molecule has 1 aromatic carbocycles. The third-order valence-corrected chi connectivity index (χ3v) is 2.71. The van der Waals surface area contributed by atoms with Crippen molar-refractivity contribution in [3.05, 3.63) is 59.4 Å². The number of hydrogen-bond donors (Lipinski definition) is 1. The van der Waals surface area contributed by atoms with Crippen LogP contribution in [0.4, 0.5) is 0 Å². The molecule has 0 saturated heterocycles. The maximum Gasteiger partial charge on any atom is 0.0416 e. The molecule has 0 spiro atoms. The van der Waals surface area contributed by atoms with Crippen LogP contribution in [0.15, 0.2) is 42.6 Å². The highest BCUT2D eigenvalue weighted by Crippen LogP contribution is 2.30. The third-order valence-electron chi connectivity index (χ3n) is 2.71. The standard InChI is InChI=1S/C13H11N/c1-2-5-11-9-12(8-10(11)4-1)13-6-3-7-14-13/h1-8,14H,9H2. The van der Waals surface area contributed by atoms with Crippen molar-refractivity contribution in [3.8, 4) is 0 Å². The summed E-state index contributed by atoms with van der Waals surface area (Å²) >= 11 is 0. The molecule has 1 heterocycles. The van der Waals surface area contributed by atoms with Crippen LogP contribution in [0.3, 0.4) is 0 Å². The molecule has 1 aromatic heterocycles. The molecule has 0 radical (unpaired) electrons. The largest absolute Gasteiger partial charge is 0.361 e. The Morgan fingerprint density at radius 1 is 1.00 bits per heavy atom. The van der Waals surface area contributed by atoms with E-state index >= 15 is 0 Å². The maximum atomic E-state index is 3.25. The molecule has 1 aliphatic carbocycles. The van der Waals surface area contributed by atoms with Gasteiger partial charge in [0.15, 0.2) is 0 Å². The summed E-state index contributed by atoms with van der Waals surface area (Å²) in [5.74, 6) is 0. The molecule has 2 aromatic rings. The second-order valence-corrected chi connectivity index (χ2v) is 3.63. The third kappa shape index (κ3) is 1.10. The number of rotatable bonds is 1. The average Bonchev–Trinajstić information content (AvgIpc) is 2.86. The van der Waals surface area contributed by atoms with Crippen LogP contribution in [-0.4, -0.2) is 4.98 Å². The monoisotopic (exact) mass is 181 g/mol. The van der Waals surface area contributed by atoms with Gasteiger partial charge >= 0.3 is 0 Å².